The monoisotopic (exact) mass is 232 g/mol. The van der Waals surface area contributed by atoms with E-state index in [0.717, 1.165) is 0 Å². The SMILES string of the molecule is CC1NC(=O)CCN(CCS(C)=O)C1=O. The second-order valence-corrected chi connectivity index (χ2v) is 5.20. The van der Waals surface area contributed by atoms with Crippen molar-refractivity contribution >= 4 is 22.6 Å². The van der Waals surface area contributed by atoms with E-state index in [4.69, 9.17) is 0 Å². The number of carbonyl (C=O) groups is 2. The summed E-state index contributed by atoms with van der Waals surface area (Å²) in [6.07, 6.45) is 1.93. The Labute approximate surface area is 91.7 Å². The van der Waals surface area contributed by atoms with Crippen molar-refractivity contribution in [3.63, 3.8) is 0 Å². The van der Waals surface area contributed by atoms with Crippen LogP contribution < -0.4 is 5.32 Å². The molecule has 6 heteroatoms. The molecule has 1 aliphatic heterocycles. The smallest absolute Gasteiger partial charge is 0.244 e. The van der Waals surface area contributed by atoms with Gasteiger partial charge in [-0.15, -0.1) is 0 Å². The van der Waals surface area contributed by atoms with Gasteiger partial charge in [0.25, 0.3) is 0 Å². The van der Waals surface area contributed by atoms with E-state index < -0.39 is 16.8 Å². The fraction of sp³-hybridized carbons (Fsp3) is 0.778. The summed E-state index contributed by atoms with van der Waals surface area (Å²) in [5.41, 5.74) is 0. The lowest BCUT2D eigenvalue weighted by molar-refractivity contribution is -0.132. The van der Waals surface area contributed by atoms with Gasteiger partial charge in [0, 0.05) is 42.3 Å². The minimum absolute atomic E-state index is 0.0914. The maximum absolute atomic E-state index is 11.7. The zero-order chi connectivity index (χ0) is 11.4. The minimum Gasteiger partial charge on any atom is -0.345 e. The summed E-state index contributed by atoms with van der Waals surface area (Å²) in [6.45, 7) is 2.55. The molecule has 0 saturated carbocycles. The summed E-state index contributed by atoms with van der Waals surface area (Å²) in [6, 6.07) is -0.467. The molecule has 0 aromatic heterocycles. The summed E-state index contributed by atoms with van der Waals surface area (Å²) in [5.74, 6) is 0.273. The molecule has 0 aromatic carbocycles. The van der Waals surface area contributed by atoms with Crippen LogP contribution in [-0.2, 0) is 20.4 Å². The standard InChI is InChI=1S/C9H16N2O3S/c1-7-9(13)11(5-6-15(2)14)4-3-8(12)10-7/h7H,3-6H2,1-2H3,(H,10,12). The van der Waals surface area contributed by atoms with E-state index in [-0.39, 0.29) is 11.8 Å². The van der Waals surface area contributed by atoms with E-state index >= 15 is 0 Å². The Balaban J connectivity index is 2.58. The Kier molecular flexibility index (Phi) is 4.26. The molecule has 86 valence electrons. The van der Waals surface area contributed by atoms with Gasteiger partial charge in [0.2, 0.25) is 11.8 Å². The van der Waals surface area contributed by atoms with E-state index in [1.54, 1.807) is 18.1 Å². The van der Waals surface area contributed by atoms with Crippen LogP contribution in [0.2, 0.25) is 0 Å². The van der Waals surface area contributed by atoms with Crippen molar-refractivity contribution in [1.82, 2.24) is 10.2 Å². The molecule has 1 fully saturated rings. The Morgan fingerprint density at radius 2 is 2.20 bits per heavy atom. The van der Waals surface area contributed by atoms with Gasteiger partial charge in [0.1, 0.15) is 6.04 Å². The molecule has 2 amide bonds. The van der Waals surface area contributed by atoms with Gasteiger partial charge in [-0.05, 0) is 6.92 Å². The second kappa shape index (κ2) is 5.25. The van der Waals surface area contributed by atoms with E-state index in [9.17, 15) is 13.8 Å². The molecule has 1 aliphatic rings. The number of hydrogen-bond donors (Lipinski definition) is 1. The first-order valence-electron chi connectivity index (χ1n) is 4.89. The number of amides is 2. The van der Waals surface area contributed by atoms with E-state index in [0.29, 0.717) is 25.3 Å². The molecular formula is C9H16N2O3S. The topological polar surface area (TPSA) is 66.5 Å². The van der Waals surface area contributed by atoms with Gasteiger partial charge in [-0.2, -0.15) is 0 Å². The highest BCUT2D eigenvalue weighted by Crippen LogP contribution is 2.03. The molecule has 0 aliphatic carbocycles. The lowest BCUT2D eigenvalue weighted by atomic mass is 10.3. The number of nitrogens with zero attached hydrogens (tertiary/aromatic N) is 1. The van der Waals surface area contributed by atoms with Crippen LogP contribution in [0.4, 0.5) is 0 Å². The molecule has 1 N–H and O–H groups in total. The molecule has 2 unspecified atom stereocenters. The van der Waals surface area contributed by atoms with Crippen LogP contribution in [0.5, 0.6) is 0 Å². The van der Waals surface area contributed by atoms with Crippen molar-refractivity contribution < 1.29 is 13.8 Å². The molecule has 1 heterocycles. The van der Waals surface area contributed by atoms with Gasteiger partial charge >= 0.3 is 0 Å². The Hall–Kier alpha value is -0.910. The normalized spacial score (nSPS) is 24.7. The van der Waals surface area contributed by atoms with Gasteiger partial charge in [-0.25, -0.2) is 0 Å². The zero-order valence-corrected chi connectivity index (χ0v) is 9.80. The third-order valence-corrected chi connectivity index (χ3v) is 3.07. The van der Waals surface area contributed by atoms with Crippen molar-refractivity contribution in [2.45, 2.75) is 19.4 Å². The molecule has 15 heavy (non-hydrogen) atoms. The summed E-state index contributed by atoms with van der Waals surface area (Å²) in [7, 11) is -0.907. The molecule has 2 atom stereocenters. The molecule has 0 aromatic rings. The van der Waals surface area contributed by atoms with Crippen LogP contribution in [0.1, 0.15) is 13.3 Å². The first-order chi connectivity index (χ1) is 7.00. The van der Waals surface area contributed by atoms with Crippen molar-refractivity contribution in [2.24, 2.45) is 0 Å². The van der Waals surface area contributed by atoms with Gasteiger partial charge in [-0.1, -0.05) is 0 Å². The summed E-state index contributed by atoms with van der Waals surface area (Å²) in [5, 5.41) is 2.60. The highest BCUT2D eigenvalue weighted by molar-refractivity contribution is 7.84. The van der Waals surface area contributed by atoms with Crippen LogP contribution in [0.25, 0.3) is 0 Å². The molecule has 5 nitrogen and oxygen atoms in total. The predicted octanol–water partition coefficient (Wildman–Crippen LogP) is -0.898. The zero-order valence-electron chi connectivity index (χ0n) is 8.99. The van der Waals surface area contributed by atoms with Crippen LogP contribution in [0.15, 0.2) is 0 Å². The fourth-order valence-corrected chi connectivity index (χ4v) is 1.93. The predicted molar refractivity (Wildman–Crippen MR) is 57.7 cm³/mol. The quantitative estimate of drug-likeness (QED) is 0.686. The van der Waals surface area contributed by atoms with Crippen molar-refractivity contribution in [2.75, 3.05) is 25.1 Å². The van der Waals surface area contributed by atoms with Crippen LogP contribution in [0.3, 0.4) is 0 Å². The number of nitrogens with one attached hydrogen (secondary N) is 1. The second-order valence-electron chi connectivity index (χ2n) is 3.64. The first kappa shape index (κ1) is 12.2. The summed E-state index contributed by atoms with van der Waals surface area (Å²) >= 11 is 0. The van der Waals surface area contributed by atoms with E-state index in [1.807, 2.05) is 0 Å². The Bertz CT molecular complexity index is 293. The number of carbonyl (C=O) groups excluding carboxylic acids is 2. The molecule has 0 spiro atoms. The molecule has 0 radical (unpaired) electrons. The maximum Gasteiger partial charge on any atom is 0.244 e. The molecule has 1 saturated heterocycles. The highest BCUT2D eigenvalue weighted by atomic mass is 32.2. The van der Waals surface area contributed by atoms with Crippen LogP contribution in [-0.4, -0.2) is 52.1 Å². The Morgan fingerprint density at radius 1 is 1.53 bits per heavy atom. The van der Waals surface area contributed by atoms with Crippen molar-refractivity contribution in [1.29, 1.82) is 0 Å². The summed E-state index contributed by atoms with van der Waals surface area (Å²) < 4.78 is 10.9. The third-order valence-electron chi connectivity index (χ3n) is 2.32. The van der Waals surface area contributed by atoms with E-state index in [1.165, 1.54) is 0 Å². The largest absolute Gasteiger partial charge is 0.345 e. The number of hydrogen-bond acceptors (Lipinski definition) is 3. The lowest BCUT2D eigenvalue weighted by Crippen LogP contribution is -2.43. The highest BCUT2D eigenvalue weighted by Gasteiger charge is 2.25. The molecule has 1 rings (SSSR count). The average molecular weight is 232 g/mol. The van der Waals surface area contributed by atoms with Gasteiger partial charge < -0.3 is 10.2 Å². The first-order valence-corrected chi connectivity index (χ1v) is 6.61. The molecule has 0 bridgehead atoms. The third kappa shape index (κ3) is 3.62. The van der Waals surface area contributed by atoms with Crippen molar-refractivity contribution in [3.05, 3.63) is 0 Å². The van der Waals surface area contributed by atoms with Gasteiger partial charge in [0.15, 0.2) is 0 Å². The van der Waals surface area contributed by atoms with Crippen molar-refractivity contribution in [3.8, 4) is 0 Å². The maximum atomic E-state index is 11.7. The summed E-state index contributed by atoms with van der Waals surface area (Å²) in [4.78, 5) is 24.5. The Morgan fingerprint density at radius 3 is 2.80 bits per heavy atom. The fourth-order valence-electron chi connectivity index (χ4n) is 1.46. The van der Waals surface area contributed by atoms with Crippen LogP contribution in [0, 0.1) is 0 Å². The average Bonchev–Trinajstić information content (AvgIpc) is 2.26. The van der Waals surface area contributed by atoms with Crippen LogP contribution >= 0.6 is 0 Å². The number of rotatable bonds is 3. The van der Waals surface area contributed by atoms with Gasteiger partial charge in [0.05, 0.1) is 0 Å². The lowest BCUT2D eigenvalue weighted by Gasteiger charge is -2.21. The molecular weight excluding hydrogens is 216 g/mol. The van der Waals surface area contributed by atoms with E-state index in [2.05, 4.69) is 5.32 Å². The van der Waals surface area contributed by atoms with Gasteiger partial charge in [-0.3, -0.25) is 13.8 Å². The minimum atomic E-state index is -0.907.